The number of amides is 1. The van der Waals surface area contributed by atoms with Crippen LogP contribution in [0.15, 0.2) is 47.3 Å². The third-order valence-corrected chi connectivity index (χ3v) is 6.16. The summed E-state index contributed by atoms with van der Waals surface area (Å²) in [5.41, 5.74) is 4.94. The molecule has 172 valence electrons. The number of anilines is 1. The number of rotatable bonds is 6. The summed E-state index contributed by atoms with van der Waals surface area (Å²) in [6, 6.07) is 12.5. The van der Waals surface area contributed by atoms with Gasteiger partial charge in [0.25, 0.3) is 5.56 Å². The summed E-state index contributed by atoms with van der Waals surface area (Å²) in [7, 11) is 3.09. The van der Waals surface area contributed by atoms with Crippen molar-refractivity contribution in [1.29, 1.82) is 0 Å². The minimum atomic E-state index is -0.815. The van der Waals surface area contributed by atoms with E-state index in [9.17, 15) is 9.59 Å². The van der Waals surface area contributed by atoms with E-state index in [1.54, 1.807) is 32.2 Å². The Balaban J connectivity index is 1.74. The summed E-state index contributed by atoms with van der Waals surface area (Å²) < 4.78 is 11.9. The van der Waals surface area contributed by atoms with E-state index in [-0.39, 0.29) is 11.5 Å². The highest BCUT2D eigenvalue weighted by molar-refractivity contribution is 5.95. The maximum absolute atomic E-state index is 13.3. The minimum absolute atomic E-state index is 0.194. The number of hydrogen-bond acceptors (Lipinski definition) is 5. The number of methoxy groups -OCH3 is 2. The van der Waals surface area contributed by atoms with Gasteiger partial charge in [-0.25, -0.2) is 4.68 Å². The SMILES string of the molecule is COc1ccc(OC)c(NC(=O)C(C)n2nc(-c3ccc(C)cc3)c3c(c2=O)CCCC3)c1. The number of nitrogens with zero attached hydrogens (tertiary/aromatic N) is 2. The molecule has 3 aromatic rings. The van der Waals surface area contributed by atoms with E-state index < -0.39 is 6.04 Å². The Morgan fingerprint density at radius 1 is 1.03 bits per heavy atom. The van der Waals surface area contributed by atoms with E-state index in [1.807, 2.05) is 31.2 Å². The smallest absolute Gasteiger partial charge is 0.271 e. The normalized spacial score (nSPS) is 13.7. The Morgan fingerprint density at radius 2 is 1.73 bits per heavy atom. The molecule has 1 aromatic heterocycles. The molecule has 2 aromatic carbocycles. The van der Waals surface area contributed by atoms with Gasteiger partial charge in [0.05, 0.1) is 25.6 Å². The Kier molecular flexibility index (Phi) is 6.49. The van der Waals surface area contributed by atoms with Gasteiger partial charge in [0, 0.05) is 17.2 Å². The van der Waals surface area contributed by atoms with Crippen LogP contribution in [0.25, 0.3) is 11.3 Å². The van der Waals surface area contributed by atoms with Gasteiger partial charge in [-0.3, -0.25) is 9.59 Å². The molecular weight excluding hydrogens is 418 g/mol. The first kappa shape index (κ1) is 22.6. The van der Waals surface area contributed by atoms with Crippen LogP contribution in [-0.4, -0.2) is 29.9 Å². The van der Waals surface area contributed by atoms with Gasteiger partial charge in [-0.05, 0) is 57.2 Å². The summed E-state index contributed by atoms with van der Waals surface area (Å²) in [6.07, 6.45) is 3.51. The van der Waals surface area contributed by atoms with Crippen LogP contribution in [0.1, 0.15) is 42.5 Å². The average molecular weight is 448 g/mol. The third-order valence-electron chi connectivity index (χ3n) is 6.16. The molecule has 0 fully saturated rings. The molecule has 1 unspecified atom stereocenters. The lowest BCUT2D eigenvalue weighted by molar-refractivity contribution is -0.119. The van der Waals surface area contributed by atoms with Crippen molar-refractivity contribution in [1.82, 2.24) is 9.78 Å². The maximum Gasteiger partial charge on any atom is 0.271 e. The van der Waals surface area contributed by atoms with Crippen LogP contribution in [-0.2, 0) is 17.6 Å². The molecule has 0 saturated heterocycles. The summed E-state index contributed by atoms with van der Waals surface area (Å²) >= 11 is 0. The second-order valence-corrected chi connectivity index (χ2v) is 8.36. The molecule has 1 heterocycles. The second kappa shape index (κ2) is 9.48. The molecule has 1 N–H and O–H groups in total. The fourth-order valence-corrected chi connectivity index (χ4v) is 4.22. The lowest BCUT2D eigenvalue weighted by Gasteiger charge is -2.23. The molecule has 0 bridgehead atoms. The number of aryl methyl sites for hydroxylation is 1. The van der Waals surface area contributed by atoms with Crippen LogP contribution in [0.2, 0.25) is 0 Å². The van der Waals surface area contributed by atoms with Gasteiger partial charge in [0.15, 0.2) is 0 Å². The first-order chi connectivity index (χ1) is 15.9. The summed E-state index contributed by atoms with van der Waals surface area (Å²) in [6.45, 7) is 3.72. The van der Waals surface area contributed by atoms with E-state index in [0.717, 1.165) is 47.2 Å². The Bertz CT molecular complexity index is 1230. The van der Waals surface area contributed by atoms with Crippen molar-refractivity contribution in [2.24, 2.45) is 0 Å². The molecule has 4 rings (SSSR count). The van der Waals surface area contributed by atoms with Crippen molar-refractivity contribution in [3.8, 4) is 22.8 Å². The number of nitrogens with one attached hydrogen (secondary N) is 1. The predicted molar refractivity (Wildman–Crippen MR) is 128 cm³/mol. The standard InChI is InChI=1S/C26H29N3O4/c1-16-9-11-18(12-10-16)24-20-7-5-6-8-21(20)26(31)29(28-24)17(2)25(30)27-22-15-19(32-3)13-14-23(22)33-4/h9-15,17H,5-8H2,1-4H3,(H,27,30). The zero-order valence-electron chi connectivity index (χ0n) is 19.5. The predicted octanol–water partition coefficient (Wildman–Crippen LogP) is 4.31. The van der Waals surface area contributed by atoms with Gasteiger partial charge in [-0.15, -0.1) is 0 Å². The average Bonchev–Trinajstić information content (AvgIpc) is 2.84. The fourth-order valence-electron chi connectivity index (χ4n) is 4.22. The zero-order valence-corrected chi connectivity index (χ0v) is 19.5. The van der Waals surface area contributed by atoms with Crippen LogP contribution in [0.3, 0.4) is 0 Å². The van der Waals surface area contributed by atoms with Crippen molar-refractivity contribution in [2.45, 2.75) is 45.6 Å². The highest BCUT2D eigenvalue weighted by Crippen LogP contribution is 2.31. The fraction of sp³-hybridized carbons (Fsp3) is 0.346. The number of carbonyl (C=O) groups excluding carboxylic acids is 1. The van der Waals surface area contributed by atoms with Crippen LogP contribution >= 0.6 is 0 Å². The molecule has 0 spiro atoms. The van der Waals surface area contributed by atoms with Crippen molar-refractivity contribution in [3.05, 3.63) is 69.5 Å². The van der Waals surface area contributed by atoms with E-state index in [4.69, 9.17) is 14.6 Å². The van der Waals surface area contributed by atoms with Gasteiger partial charge in [0.2, 0.25) is 5.91 Å². The lowest BCUT2D eigenvalue weighted by Crippen LogP contribution is -2.37. The minimum Gasteiger partial charge on any atom is -0.497 e. The number of hydrogen-bond donors (Lipinski definition) is 1. The quantitative estimate of drug-likeness (QED) is 0.609. The first-order valence-electron chi connectivity index (χ1n) is 11.2. The number of benzene rings is 2. The monoisotopic (exact) mass is 447 g/mol. The highest BCUT2D eigenvalue weighted by Gasteiger charge is 2.26. The molecule has 0 aliphatic heterocycles. The van der Waals surface area contributed by atoms with Crippen molar-refractivity contribution < 1.29 is 14.3 Å². The van der Waals surface area contributed by atoms with Gasteiger partial charge < -0.3 is 14.8 Å². The second-order valence-electron chi connectivity index (χ2n) is 8.36. The molecule has 1 atom stereocenters. The summed E-state index contributed by atoms with van der Waals surface area (Å²) in [5, 5.41) is 7.58. The van der Waals surface area contributed by atoms with Gasteiger partial charge in [0.1, 0.15) is 17.5 Å². The molecular formula is C26H29N3O4. The maximum atomic E-state index is 13.3. The molecule has 7 heteroatoms. The number of aromatic nitrogens is 2. The Morgan fingerprint density at radius 3 is 2.39 bits per heavy atom. The van der Waals surface area contributed by atoms with Gasteiger partial charge in [-0.1, -0.05) is 29.8 Å². The van der Waals surface area contributed by atoms with Crippen molar-refractivity contribution in [2.75, 3.05) is 19.5 Å². The molecule has 0 saturated carbocycles. The number of ether oxygens (including phenoxy) is 2. The summed E-state index contributed by atoms with van der Waals surface area (Å²) in [4.78, 5) is 26.5. The topological polar surface area (TPSA) is 82.4 Å². The van der Waals surface area contributed by atoms with Crippen LogP contribution in [0.4, 0.5) is 5.69 Å². The molecule has 1 aliphatic carbocycles. The number of fused-ring (bicyclic) bond motifs is 1. The lowest BCUT2D eigenvalue weighted by atomic mass is 9.89. The van der Waals surface area contributed by atoms with Crippen LogP contribution in [0, 0.1) is 6.92 Å². The van der Waals surface area contributed by atoms with Crippen LogP contribution in [0.5, 0.6) is 11.5 Å². The van der Waals surface area contributed by atoms with E-state index >= 15 is 0 Å². The molecule has 1 aliphatic rings. The van der Waals surface area contributed by atoms with E-state index in [2.05, 4.69) is 5.32 Å². The Labute approximate surface area is 193 Å². The molecule has 33 heavy (non-hydrogen) atoms. The van der Waals surface area contributed by atoms with Crippen molar-refractivity contribution in [3.63, 3.8) is 0 Å². The third kappa shape index (κ3) is 4.49. The molecule has 7 nitrogen and oxygen atoms in total. The van der Waals surface area contributed by atoms with E-state index in [1.165, 1.54) is 11.8 Å². The largest absolute Gasteiger partial charge is 0.497 e. The van der Waals surface area contributed by atoms with Crippen molar-refractivity contribution >= 4 is 11.6 Å². The van der Waals surface area contributed by atoms with Gasteiger partial charge in [-0.2, -0.15) is 5.10 Å². The highest BCUT2D eigenvalue weighted by atomic mass is 16.5. The van der Waals surface area contributed by atoms with E-state index in [0.29, 0.717) is 23.6 Å². The van der Waals surface area contributed by atoms with Gasteiger partial charge >= 0.3 is 0 Å². The first-order valence-corrected chi connectivity index (χ1v) is 11.2. The number of carbonyl (C=O) groups is 1. The van der Waals surface area contributed by atoms with Crippen LogP contribution < -0.4 is 20.3 Å². The molecule has 1 amide bonds. The summed E-state index contributed by atoms with van der Waals surface area (Å²) in [5.74, 6) is 0.730. The molecule has 0 radical (unpaired) electrons. The zero-order chi connectivity index (χ0) is 23.5. The Hall–Kier alpha value is -3.61.